The third-order valence-electron chi connectivity index (χ3n) is 14.1. The van der Waals surface area contributed by atoms with Gasteiger partial charge in [-0.25, -0.2) is 0 Å². The van der Waals surface area contributed by atoms with Crippen LogP contribution < -0.4 is 18.9 Å². The van der Waals surface area contributed by atoms with Gasteiger partial charge in [-0.05, 0) is 135 Å². The molecule has 0 saturated carbocycles. The second-order valence-electron chi connectivity index (χ2n) is 17.3. The first kappa shape index (κ1) is 40.4. The first-order valence-corrected chi connectivity index (χ1v) is 22.6. The second kappa shape index (κ2) is 15.8. The van der Waals surface area contributed by atoms with E-state index in [1.165, 1.54) is 43.1 Å². The quantitative estimate of drug-likeness (QED) is 0.0904. The van der Waals surface area contributed by atoms with Gasteiger partial charge in [0, 0.05) is 11.1 Å². The molecule has 0 unspecified atom stereocenters. The van der Waals surface area contributed by atoms with Gasteiger partial charge in [0.15, 0.2) is 0 Å². The molecule has 0 atom stereocenters. The van der Waals surface area contributed by atoms with Crippen molar-refractivity contribution < 1.29 is 23.7 Å². The summed E-state index contributed by atoms with van der Waals surface area (Å²) in [5.41, 5.74) is 2.97. The Morgan fingerprint density at radius 2 is 0.507 bits per heavy atom. The van der Waals surface area contributed by atoms with Crippen molar-refractivity contribution in [3.05, 3.63) is 240 Å². The number of benzene rings is 12. The monoisotopic (exact) mass is 870 g/mol. The number of hydrogen-bond donors (Lipinski definition) is 0. The van der Waals surface area contributed by atoms with Crippen LogP contribution in [-0.2, 0) is 15.9 Å². The van der Waals surface area contributed by atoms with Crippen LogP contribution in [0.3, 0.4) is 0 Å². The molecule has 0 aliphatic carbocycles. The van der Waals surface area contributed by atoms with E-state index in [1.54, 1.807) is 28.4 Å². The van der Waals surface area contributed by atoms with E-state index in [0.29, 0.717) is 0 Å². The summed E-state index contributed by atoms with van der Waals surface area (Å²) in [7, 11) is 6.82. The van der Waals surface area contributed by atoms with E-state index in [2.05, 4.69) is 158 Å². The summed E-state index contributed by atoms with van der Waals surface area (Å²) in [6, 6.07) is 73.6. The smallest absolute Gasteiger partial charge is 0.146 e. The molecule has 0 fully saturated rings. The van der Waals surface area contributed by atoms with Crippen LogP contribution in [0.5, 0.6) is 23.0 Å². The average molecular weight is 871 g/mol. The molecule has 5 heteroatoms. The van der Waals surface area contributed by atoms with Gasteiger partial charge in [0.25, 0.3) is 0 Å². The molecule has 0 spiro atoms. The molecular weight excluding hydrogens is 825 g/mol. The van der Waals surface area contributed by atoms with Crippen LogP contribution in [0.15, 0.2) is 206 Å². The topological polar surface area (TPSA) is 46.2 Å². The van der Waals surface area contributed by atoms with Crippen molar-refractivity contribution in [2.75, 3.05) is 28.4 Å². The predicted molar refractivity (Wildman–Crippen MR) is 273 cm³/mol. The zero-order valence-electron chi connectivity index (χ0n) is 37.7. The van der Waals surface area contributed by atoms with E-state index in [9.17, 15) is 0 Å². The summed E-state index contributed by atoms with van der Waals surface area (Å²) in [5, 5.41) is 14.1. The number of methoxy groups -OCH3 is 4. The molecule has 12 rings (SSSR count). The summed E-state index contributed by atoms with van der Waals surface area (Å²) in [6.45, 7) is 0. The van der Waals surface area contributed by atoms with Gasteiger partial charge in [0.05, 0.1) is 28.4 Å². The Morgan fingerprint density at radius 3 is 0.791 bits per heavy atom. The third-order valence-corrected chi connectivity index (χ3v) is 14.1. The fourth-order valence-corrected chi connectivity index (χ4v) is 10.9. The molecular formula is C62H46O5. The number of ether oxygens (including phenoxy) is 5. The van der Waals surface area contributed by atoms with Crippen LogP contribution >= 0.6 is 0 Å². The van der Waals surface area contributed by atoms with Gasteiger partial charge in [-0.15, -0.1) is 0 Å². The second-order valence-corrected chi connectivity index (χ2v) is 17.3. The molecule has 0 radical (unpaired) electrons. The lowest BCUT2D eigenvalue weighted by Crippen LogP contribution is -2.44. The maximum Gasteiger partial charge on any atom is 0.146 e. The van der Waals surface area contributed by atoms with Crippen molar-refractivity contribution in [2.24, 2.45) is 0 Å². The fourth-order valence-electron chi connectivity index (χ4n) is 10.9. The third kappa shape index (κ3) is 6.12. The van der Waals surface area contributed by atoms with Crippen molar-refractivity contribution in [1.82, 2.24) is 0 Å². The zero-order chi connectivity index (χ0) is 45.3. The standard InChI is InChI=1S/C62H46O5/c1-63-49-27-19-45(20-28-49)61(46-21-29-50(64-2)30-22-46,55-37-17-43-13-11-39-7-5-9-41-15-35-53(55)59(43)57(39)41)67-62(47-23-31-51(65-3)32-24-47,48-25-33-52(66-4)34-26-48)56-38-18-44-14-12-40-8-6-10-42-16-36-54(56)60(44)58(40)42/h5-38H,1-4H3. The molecule has 12 aromatic carbocycles. The first-order chi connectivity index (χ1) is 33.0. The molecule has 0 amide bonds. The zero-order valence-corrected chi connectivity index (χ0v) is 37.7. The minimum absolute atomic E-state index is 0.742. The number of rotatable bonds is 12. The van der Waals surface area contributed by atoms with E-state index in [0.717, 1.165) is 77.9 Å². The highest BCUT2D eigenvalue weighted by Gasteiger charge is 2.50. The molecule has 0 aromatic heterocycles. The van der Waals surface area contributed by atoms with Gasteiger partial charge in [-0.3, -0.25) is 0 Å². The highest BCUT2D eigenvalue weighted by molar-refractivity contribution is 6.25. The van der Waals surface area contributed by atoms with Crippen molar-refractivity contribution in [1.29, 1.82) is 0 Å². The van der Waals surface area contributed by atoms with Crippen molar-refractivity contribution >= 4 is 64.6 Å². The Balaban J connectivity index is 1.29. The van der Waals surface area contributed by atoms with Crippen LogP contribution in [0, 0.1) is 0 Å². The number of hydrogen-bond acceptors (Lipinski definition) is 5. The summed E-state index contributed by atoms with van der Waals surface area (Å²) in [4.78, 5) is 0. The van der Waals surface area contributed by atoms with Gasteiger partial charge in [0.1, 0.15) is 34.2 Å². The highest BCUT2D eigenvalue weighted by Crippen LogP contribution is 2.56. The SMILES string of the molecule is COc1ccc(C(OC(c2ccc(OC)cc2)(c2ccc(OC)cc2)c2ccc3ccc4cccc5ccc2c3c45)(c2ccc(OC)cc2)c2ccc3ccc4cccc5ccc2c3c45)cc1. The Labute approximate surface area is 389 Å². The average Bonchev–Trinajstić information content (AvgIpc) is 3.40. The molecule has 0 N–H and O–H groups in total. The van der Waals surface area contributed by atoms with Crippen LogP contribution in [-0.4, -0.2) is 28.4 Å². The fraction of sp³-hybridized carbons (Fsp3) is 0.0968. The molecule has 5 nitrogen and oxygen atoms in total. The van der Waals surface area contributed by atoms with Crippen molar-refractivity contribution in [2.45, 2.75) is 11.2 Å². The van der Waals surface area contributed by atoms with Gasteiger partial charge in [0.2, 0.25) is 0 Å². The van der Waals surface area contributed by atoms with E-state index >= 15 is 0 Å². The molecule has 0 aliphatic rings. The predicted octanol–water partition coefficient (Wildman–Crippen LogP) is 14.8. The lowest BCUT2D eigenvalue weighted by molar-refractivity contribution is -0.0795. The van der Waals surface area contributed by atoms with Gasteiger partial charge in [-0.2, -0.15) is 0 Å². The summed E-state index contributed by atoms with van der Waals surface area (Å²) >= 11 is 0. The van der Waals surface area contributed by atoms with Crippen molar-refractivity contribution in [3.63, 3.8) is 0 Å². The van der Waals surface area contributed by atoms with Crippen LogP contribution in [0.2, 0.25) is 0 Å². The van der Waals surface area contributed by atoms with E-state index in [1.807, 2.05) is 48.5 Å². The normalized spacial score (nSPS) is 12.2. The lowest BCUT2D eigenvalue weighted by atomic mass is 9.73. The molecule has 0 aliphatic heterocycles. The molecule has 67 heavy (non-hydrogen) atoms. The van der Waals surface area contributed by atoms with Crippen LogP contribution in [0.4, 0.5) is 0 Å². The van der Waals surface area contributed by atoms with Gasteiger partial charge >= 0.3 is 0 Å². The Hall–Kier alpha value is -8.12. The minimum atomic E-state index is -1.33. The van der Waals surface area contributed by atoms with E-state index < -0.39 is 11.2 Å². The Morgan fingerprint density at radius 1 is 0.254 bits per heavy atom. The summed E-state index contributed by atoms with van der Waals surface area (Å²) in [5.74, 6) is 2.97. The lowest BCUT2D eigenvalue weighted by Gasteiger charge is -2.47. The molecule has 324 valence electrons. The van der Waals surface area contributed by atoms with Gasteiger partial charge in [-0.1, -0.05) is 158 Å². The van der Waals surface area contributed by atoms with Crippen LogP contribution in [0.1, 0.15) is 33.4 Å². The molecule has 0 heterocycles. The maximum absolute atomic E-state index is 8.85. The first-order valence-electron chi connectivity index (χ1n) is 22.6. The largest absolute Gasteiger partial charge is 0.497 e. The van der Waals surface area contributed by atoms with Crippen LogP contribution in [0.25, 0.3) is 64.6 Å². The summed E-state index contributed by atoms with van der Waals surface area (Å²) in [6.07, 6.45) is 0. The maximum atomic E-state index is 8.85. The van der Waals surface area contributed by atoms with Crippen molar-refractivity contribution in [3.8, 4) is 23.0 Å². The summed E-state index contributed by atoms with van der Waals surface area (Å²) < 4.78 is 32.2. The Bertz CT molecular complexity index is 3370. The van der Waals surface area contributed by atoms with E-state index in [4.69, 9.17) is 23.7 Å². The Kier molecular flexibility index (Phi) is 9.52. The minimum Gasteiger partial charge on any atom is -0.497 e. The van der Waals surface area contributed by atoms with Gasteiger partial charge < -0.3 is 23.7 Å². The highest BCUT2D eigenvalue weighted by atomic mass is 16.5. The molecule has 0 saturated heterocycles. The molecule has 0 bridgehead atoms. The van der Waals surface area contributed by atoms with E-state index in [-0.39, 0.29) is 0 Å². The molecule has 12 aromatic rings.